The molecule has 2 heteroatoms. The second-order valence-corrected chi connectivity index (χ2v) is 4.67. The van der Waals surface area contributed by atoms with Crippen LogP contribution in [0, 0.1) is 0 Å². The van der Waals surface area contributed by atoms with Crippen LogP contribution >= 0.6 is 0 Å². The van der Waals surface area contributed by atoms with Gasteiger partial charge in [-0.1, -0.05) is 6.07 Å². The van der Waals surface area contributed by atoms with Crippen molar-refractivity contribution in [3.63, 3.8) is 0 Å². The zero-order valence-electron chi connectivity index (χ0n) is 9.03. The Morgan fingerprint density at radius 1 is 1.20 bits per heavy atom. The van der Waals surface area contributed by atoms with E-state index in [1.54, 1.807) is 0 Å². The van der Waals surface area contributed by atoms with Crippen LogP contribution in [-0.4, -0.2) is 6.61 Å². The molecule has 1 aromatic heterocycles. The van der Waals surface area contributed by atoms with Crippen LogP contribution in [0.25, 0.3) is 10.9 Å². The molecule has 76 valence electrons. The van der Waals surface area contributed by atoms with Gasteiger partial charge in [0.1, 0.15) is 0 Å². The number of nitrogens with zero attached hydrogens (tertiary/aromatic N) is 1. The molecular formula is C13H14NO+. The van der Waals surface area contributed by atoms with Crippen molar-refractivity contribution < 1.29 is 9.30 Å². The maximum atomic E-state index is 5.79. The van der Waals surface area contributed by atoms with Gasteiger partial charge in [0, 0.05) is 19.9 Å². The lowest BCUT2D eigenvalue weighted by molar-refractivity contribution is -0.740. The summed E-state index contributed by atoms with van der Waals surface area (Å²) in [6.45, 7) is 5.12. The Labute approximate surface area is 89.1 Å². The highest BCUT2D eigenvalue weighted by atomic mass is 16.5. The van der Waals surface area contributed by atoms with Crippen molar-refractivity contribution in [1.82, 2.24) is 0 Å². The summed E-state index contributed by atoms with van der Waals surface area (Å²) < 4.78 is 8.10. The van der Waals surface area contributed by atoms with Gasteiger partial charge in [0.2, 0.25) is 0 Å². The van der Waals surface area contributed by atoms with Gasteiger partial charge in [-0.25, -0.2) is 0 Å². The Bertz CT molecular complexity index is 526. The fourth-order valence-corrected chi connectivity index (χ4v) is 2.18. The topological polar surface area (TPSA) is 13.1 Å². The number of hydrogen-bond acceptors (Lipinski definition) is 1. The molecule has 0 unspecified atom stereocenters. The molecule has 0 saturated carbocycles. The van der Waals surface area contributed by atoms with Crippen LogP contribution in [0.15, 0.2) is 36.5 Å². The second-order valence-electron chi connectivity index (χ2n) is 4.67. The number of pyridine rings is 1. The first-order valence-corrected chi connectivity index (χ1v) is 5.25. The first kappa shape index (κ1) is 8.72. The summed E-state index contributed by atoms with van der Waals surface area (Å²) in [5.74, 6) is 0.993. The number of aromatic nitrogens is 1. The first-order valence-electron chi connectivity index (χ1n) is 5.25. The maximum Gasteiger partial charge on any atom is 0.255 e. The molecule has 0 radical (unpaired) electrons. The van der Waals surface area contributed by atoms with E-state index in [-0.39, 0.29) is 5.54 Å². The molecule has 3 rings (SSSR count). The van der Waals surface area contributed by atoms with Gasteiger partial charge in [-0.2, -0.15) is 4.57 Å². The zero-order valence-corrected chi connectivity index (χ0v) is 9.03. The number of hydrogen-bond donors (Lipinski definition) is 0. The molecule has 0 fully saturated rings. The Balaban J connectivity index is 2.47. The van der Waals surface area contributed by atoms with Gasteiger partial charge in [0.15, 0.2) is 24.1 Å². The van der Waals surface area contributed by atoms with Crippen LogP contribution in [-0.2, 0) is 5.54 Å². The average molecular weight is 200 g/mol. The maximum absolute atomic E-state index is 5.79. The monoisotopic (exact) mass is 200 g/mol. The minimum atomic E-state index is 0.0356. The predicted molar refractivity (Wildman–Crippen MR) is 59.0 cm³/mol. The van der Waals surface area contributed by atoms with Crippen molar-refractivity contribution in [2.45, 2.75) is 19.4 Å². The van der Waals surface area contributed by atoms with E-state index in [4.69, 9.17) is 4.74 Å². The number of rotatable bonds is 0. The molecule has 2 nitrogen and oxygen atoms in total. The highest BCUT2D eigenvalue weighted by Crippen LogP contribution is 2.28. The summed E-state index contributed by atoms with van der Waals surface area (Å²) >= 11 is 0. The molecule has 1 aromatic carbocycles. The van der Waals surface area contributed by atoms with Gasteiger partial charge in [-0.3, -0.25) is 0 Å². The van der Waals surface area contributed by atoms with E-state index in [0.717, 1.165) is 12.4 Å². The summed E-state index contributed by atoms with van der Waals surface area (Å²) in [5, 5.41) is 1.24. The Kier molecular flexibility index (Phi) is 1.58. The number of ether oxygens (including phenoxy) is 1. The van der Waals surface area contributed by atoms with Crippen LogP contribution < -0.4 is 9.30 Å². The first-order chi connectivity index (χ1) is 7.18. The average Bonchev–Trinajstić information content (AvgIpc) is 2.24. The van der Waals surface area contributed by atoms with Gasteiger partial charge < -0.3 is 4.74 Å². The van der Waals surface area contributed by atoms with Crippen LogP contribution in [0.2, 0.25) is 0 Å². The highest BCUT2D eigenvalue weighted by Gasteiger charge is 2.36. The standard InChI is InChI=1S/C13H14NO/c1-13(2)9-15-11-7-3-5-10-6-4-8-14(13)12(10)11/h3-8H,9H2,1-2H3/q+1. The fourth-order valence-electron chi connectivity index (χ4n) is 2.18. The van der Waals surface area contributed by atoms with Crippen LogP contribution in [0.1, 0.15) is 13.8 Å². The van der Waals surface area contributed by atoms with E-state index in [0.29, 0.717) is 0 Å². The molecule has 0 aliphatic carbocycles. The van der Waals surface area contributed by atoms with E-state index < -0.39 is 0 Å². The van der Waals surface area contributed by atoms with Crippen molar-refractivity contribution in [3.8, 4) is 5.75 Å². The minimum absolute atomic E-state index is 0.0356. The van der Waals surface area contributed by atoms with Gasteiger partial charge in [0.25, 0.3) is 5.52 Å². The molecule has 0 atom stereocenters. The summed E-state index contributed by atoms with van der Waals surface area (Å²) in [5.41, 5.74) is 1.24. The SMILES string of the molecule is CC1(C)COc2cccc3ccc[n+]1c23. The highest BCUT2D eigenvalue weighted by molar-refractivity contribution is 5.81. The Morgan fingerprint density at radius 3 is 2.87 bits per heavy atom. The predicted octanol–water partition coefficient (Wildman–Crippen LogP) is 2.25. The summed E-state index contributed by atoms with van der Waals surface area (Å²) in [6.07, 6.45) is 2.13. The molecule has 0 N–H and O–H groups in total. The quantitative estimate of drug-likeness (QED) is 0.594. The van der Waals surface area contributed by atoms with Gasteiger partial charge in [-0.15, -0.1) is 0 Å². The van der Waals surface area contributed by atoms with Crippen molar-refractivity contribution in [2.24, 2.45) is 0 Å². The lowest BCUT2D eigenvalue weighted by Crippen LogP contribution is -2.58. The normalized spacial score (nSPS) is 17.5. The second kappa shape index (κ2) is 2.72. The van der Waals surface area contributed by atoms with E-state index in [1.807, 2.05) is 12.1 Å². The Hall–Kier alpha value is -1.57. The van der Waals surface area contributed by atoms with Crippen LogP contribution in [0.3, 0.4) is 0 Å². The Morgan fingerprint density at radius 2 is 2.00 bits per heavy atom. The van der Waals surface area contributed by atoms with E-state index in [9.17, 15) is 0 Å². The van der Waals surface area contributed by atoms with Gasteiger partial charge in [-0.05, 0) is 18.2 Å². The van der Waals surface area contributed by atoms with Gasteiger partial charge in [0.05, 0.1) is 5.39 Å². The van der Waals surface area contributed by atoms with Crippen LogP contribution in [0.5, 0.6) is 5.75 Å². The number of para-hydroxylation sites is 1. The van der Waals surface area contributed by atoms with Crippen molar-refractivity contribution >= 4 is 10.9 Å². The lowest BCUT2D eigenvalue weighted by atomic mass is 10.0. The molecular weight excluding hydrogens is 186 g/mol. The van der Waals surface area contributed by atoms with Crippen LogP contribution in [0.4, 0.5) is 0 Å². The molecule has 0 spiro atoms. The summed E-state index contributed by atoms with van der Waals surface area (Å²) in [6, 6.07) is 10.4. The summed E-state index contributed by atoms with van der Waals surface area (Å²) in [7, 11) is 0. The molecule has 1 aliphatic rings. The molecule has 15 heavy (non-hydrogen) atoms. The van der Waals surface area contributed by atoms with Gasteiger partial charge >= 0.3 is 0 Å². The molecule has 2 heterocycles. The molecule has 2 aromatic rings. The van der Waals surface area contributed by atoms with Crippen molar-refractivity contribution in [3.05, 3.63) is 36.5 Å². The largest absolute Gasteiger partial charge is 0.480 e. The molecule has 1 aliphatic heterocycles. The third-order valence-electron chi connectivity index (χ3n) is 3.02. The lowest BCUT2D eigenvalue weighted by Gasteiger charge is -2.26. The molecule has 0 saturated heterocycles. The molecule has 0 bridgehead atoms. The van der Waals surface area contributed by atoms with Crippen molar-refractivity contribution in [2.75, 3.05) is 6.61 Å². The van der Waals surface area contributed by atoms with E-state index >= 15 is 0 Å². The van der Waals surface area contributed by atoms with E-state index in [1.165, 1.54) is 10.9 Å². The minimum Gasteiger partial charge on any atom is -0.480 e. The molecule has 0 amide bonds. The third-order valence-corrected chi connectivity index (χ3v) is 3.02. The number of benzene rings is 1. The summed E-state index contributed by atoms with van der Waals surface area (Å²) in [4.78, 5) is 0. The smallest absolute Gasteiger partial charge is 0.255 e. The fraction of sp³-hybridized carbons (Fsp3) is 0.308. The van der Waals surface area contributed by atoms with E-state index in [2.05, 4.69) is 42.8 Å². The third kappa shape index (κ3) is 1.14. The zero-order chi connectivity index (χ0) is 10.5. The van der Waals surface area contributed by atoms with Crippen molar-refractivity contribution in [1.29, 1.82) is 0 Å².